The highest BCUT2D eigenvalue weighted by molar-refractivity contribution is 7.21. The molecule has 3 aromatic heterocycles. The van der Waals surface area contributed by atoms with Crippen LogP contribution in [0.25, 0.3) is 31.9 Å². The van der Waals surface area contributed by atoms with E-state index in [0.29, 0.717) is 16.3 Å². The molecule has 0 unspecified atom stereocenters. The van der Waals surface area contributed by atoms with Crippen molar-refractivity contribution in [3.8, 4) is 10.6 Å². The second-order valence-electron chi connectivity index (χ2n) is 6.59. The number of hydrogen-bond acceptors (Lipinski definition) is 7. The minimum Gasteiger partial charge on any atom is -0.403 e. The molecule has 9 heteroatoms. The Balaban J connectivity index is 0.00000120. The number of rotatable bonds is 2. The van der Waals surface area contributed by atoms with Crippen LogP contribution >= 0.6 is 36.2 Å². The molecule has 0 aliphatic carbocycles. The van der Waals surface area contributed by atoms with Crippen LogP contribution in [-0.2, 0) is 0 Å². The van der Waals surface area contributed by atoms with Gasteiger partial charge in [-0.1, -0.05) is 12.1 Å². The van der Waals surface area contributed by atoms with Crippen molar-refractivity contribution in [1.82, 2.24) is 15.3 Å². The molecule has 29 heavy (non-hydrogen) atoms. The van der Waals surface area contributed by atoms with E-state index in [1.807, 2.05) is 42.5 Å². The standard InChI is InChI=1S/C20H18N4O2S.2ClH/c25-20-14(19-22-15-4-1-2-5-16(15)27-19)12-13-6-7-17(23-18(13)26-20)24-10-3-8-21-9-11-24;;/h1-2,4-7,12,21H,3,8-11H2;2*1H. The van der Waals surface area contributed by atoms with Crippen LogP contribution in [0.2, 0.25) is 0 Å². The molecule has 0 saturated carbocycles. The van der Waals surface area contributed by atoms with Crippen LogP contribution in [0.5, 0.6) is 0 Å². The number of halogens is 2. The number of thiazole rings is 1. The molecule has 6 nitrogen and oxygen atoms in total. The number of para-hydroxylation sites is 1. The molecule has 0 amide bonds. The zero-order valence-electron chi connectivity index (χ0n) is 15.5. The fourth-order valence-electron chi connectivity index (χ4n) is 3.38. The highest BCUT2D eigenvalue weighted by Gasteiger charge is 2.15. The van der Waals surface area contributed by atoms with Gasteiger partial charge in [-0.2, -0.15) is 4.98 Å². The van der Waals surface area contributed by atoms with Gasteiger partial charge in [-0.05, 0) is 43.3 Å². The highest BCUT2D eigenvalue weighted by Crippen LogP contribution is 2.30. The molecule has 152 valence electrons. The number of pyridine rings is 1. The Morgan fingerprint density at radius 3 is 2.76 bits per heavy atom. The minimum atomic E-state index is -0.399. The molecule has 1 saturated heterocycles. The highest BCUT2D eigenvalue weighted by atomic mass is 35.5. The number of aromatic nitrogens is 2. The first kappa shape index (κ1) is 21.5. The van der Waals surface area contributed by atoms with Crippen molar-refractivity contribution in [3.05, 3.63) is 52.9 Å². The van der Waals surface area contributed by atoms with E-state index in [-0.39, 0.29) is 24.8 Å². The molecule has 4 heterocycles. The van der Waals surface area contributed by atoms with Crippen LogP contribution in [0.1, 0.15) is 6.42 Å². The largest absolute Gasteiger partial charge is 0.403 e. The van der Waals surface area contributed by atoms with Gasteiger partial charge in [0.25, 0.3) is 0 Å². The van der Waals surface area contributed by atoms with Gasteiger partial charge in [0, 0.05) is 25.0 Å². The number of anilines is 1. The maximum absolute atomic E-state index is 12.6. The van der Waals surface area contributed by atoms with Crippen molar-refractivity contribution in [2.45, 2.75) is 6.42 Å². The van der Waals surface area contributed by atoms with E-state index in [2.05, 4.69) is 20.2 Å². The van der Waals surface area contributed by atoms with Gasteiger partial charge in [0.1, 0.15) is 10.8 Å². The zero-order valence-corrected chi connectivity index (χ0v) is 17.9. The summed E-state index contributed by atoms with van der Waals surface area (Å²) in [4.78, 5) is 24.0. The van der Waals surface area contributed by atoms with E-state index in [4.69, 9.17) is 4.42 Å². The molecule has 0 spiro atoms. The first-order valence-corrected chi connectivity index (χ1v) is 9.86. The maximum atomic E-state index is 12.6. The molecular weight excluding hydrogens is 431 g/mol. The third-order valence-electron chi connectivity index (χ3n) is 4.77. The molecule has 5 rings (SSSR count). The fourth-order valence-corrected chi connectivity index (χ4v) is 4.35. The van der Waals surface area contributed by atoms with E-state index in [0.717, 1.165) is 54.0 Å². The number of nitrogens with zero attached hydrogens (tertiary/aromatic N) is 3. The van der Waals surface area contributed by atoms with Crippen LogP contribution in [0.4, 0.5) is 5.82 Å². The third-order valence-corrected chi connectivity index (χ3v) is 5.84. The topological polar surface area (TPSA) is 71.3 Å². The average molecular weight is 451 g/mol. The lowest BCUT2D eigenvalue weighted by atomic mass is 10.2. The summed E-state index contributed by atoms with van der Waals surface area (Å²) in [6, 6.07) is 13.7. The predicted molar refractivity (Wildman–Crippen MR) is 123 cm³/mol. The summed E-state index contributed by atoms with van der Waals surface area (Å²) in [6.45, 7) is 3.79. The lowest BCUT2D eigenvalue weighted by Crippen LogP contribution is -2.28. The van der Waals surface area contributed by atoms with Crippen molar-refractivity contribution in [3.63, 3.8) is 0 Å². The monoisotopic (exact) mass is 450 g/mol. The van der Waals surface area contributed by atoms with E-state index in [1.54, 1.807) is 0 Å². The van der Waals surface area contributed by atoms with Gasteiger partial charge >= 0.3 is 5.63 Å². The maximum Gasteiger partial charge on any atom is 0.347 e. The zero-order chi connectivity index (χ0) is 18.2. The van der Waals surface area contributed by atoms with Gasteiger partial charge in [0.05, 0.1) is 15.8 Å². The van der Waals surface area contributed by atoms with Gasteiger partial charge < -0.3 is 14.6 Å². The molecular formula is C20H20Cl2N4O2S. The Kier molecular flexibility index (Phi) is 6.74. The summed E-state index contributed by atoms with van der Waals surface area (Å²) in [7, 11) is 0. The van der Waals surface area contributed by atoms with Gasteiger partial charge in [-0.15, -0.1) is 36.2 Å². The Morgan fingerprint density at radius 2 is 1.90 bits per heavy atom. The van der Waals surface area contributed by atoms with Crippen molar-refractivity contribution in [2.75, 3.05) is 31.1 Å². The first-order chi connectivity index (χ1) is 13.3. The van der Waals surface area contributed by atoms with E-state index < -0.39 is 5.63 Å². The lowest BCUT2D eigenvalue weighted by Gasteiger charge is -2.20. The number of fused-ring (bicyclic) bond motifs is 2. The average Bonchev–Trinajstić information content (AvgIpc) is 2.92. The van der Waals surface area contributed by atoms with Gasteiger partial charge in [0.2, 0.25) is 5.71 Å². The Labute approximate surface area is 183 Å². The Bertz CT molecular complexity index is 1150. The molecule has 0 radical (unpaired) electrons. The summed E-state index contributed by atoms with van der Waals surface area (Å²) < 4.78 is 6.61. The van der Waals surface area contributed by atoms with Crippen LogP contribution in [0.15, 0.2) is 51.7 Å². The normalized spacial score (nSPS) is 14.3. The van der Waals surface area contributed by atoms with E-state index >= 15 is 0 Å². The summed E-state index contributed by atoms with van der Waals surface area (Å²) in [6.07, 6.45) is 1.07. The molecule has 4 aromatic rings. The van der Waals surface area contributed by atoms with Crippen LogP contribution in [0, 0.1) is 0 Å². The molecule has 0 atom stereocenters. The fraction of sp³-hybridized carbons (Fsp3) is 0.250. The van der Waals surface area contributed by atoms with Gasteiger partial charge in [-0.3, -0.25) is 0 Å². The summed E-state index contributed by atoms with van der Waals surface area (Å²) in [5.41, 5.74) is 1.35. The van der Waals surface area contributed by atoms with Crippen molar-refractivity contribution in [1.29, 1.82) is 0 Å². The van der Waals surface area contributed by atoms with Gasteiger partial charge in [0.15, 0.2) is 0 Å². The molecule has 1 aliphatic rings. The summed E-state index contributed by atoms with van der Waals surface area (Å²) in [5, 5.41) is 4.86. The quantitative estimate of drug-likeness (QED) is 0.495. The van der Waals surface area contributed by atoms with E-state index in [9.17, 15) is 4.79 Å². The summed E-state index contributed by atoms with van der Waals surface area (Å²) in [5.74, 6) is 0.849. The molecule has 1 fully saturated rings. The van der Waals surface area contributed by atoms with Crippen molar-refractivity contribution in [2.24, 2.45) is 0 Å². The Morgan fingerprint density at radius 1 is 1.03 bits per heavy atom. The van der Waals surface area contributed by atoms with Crippen LogP contribution in [-0.4, -0.2) is 36.1 Å². The van der Waals surface area contributed by atoms with Crippen molar-refractivity contribution >= 4 is 63.3 Å². The second kappa shape index (κ2) is 9.09. The lowest BCUT2D eigenvalue weighted by molar-refractivity contribution is 0.551. The molecule has 1 aliphatic heterocycles. The van der Waals surface area contributed by atoms with E-state index in [1.165, 1.54) is 11.3 Å². The number of benzene rings is 1. The molecule has 1 N–H and O–H groups in total. The number of nitrogens with one attached hydrogen (secondary N) is 1. The Hall–Kier alpha value is -2.19. The minimum absolute atomic E-state index is 0. The third kappa shape index (κ3) is 4.23. The first-order valence-electron chi connectivity index (χ1n) is 9.04. The molecule has 0 bridgehead atoms. The van der Waals surface area contributed by atoms with Crippen LogP contribution < -0.4 is 15.8 Å². The second-order valence-corrected chi connectivity index (χ2v) is 7.62. The van der Waals surface area contributed by atoms with Crippen LogP contribution in [0.3, 0.4) is 0 Å². The SMILES string of the molecule is Cl.Cl.O=c1oc2nc(N3CCCNCC3)ccc2cc1-c1nc2ccccc2s1. The smallest absolute Gasteiger partial charge is 0.347 e. The predicted octanol–water partition coefficient (Wildman–Crippen LogP) is 4.11. The van der Waals surface area contributed by atoms with Gasteiger partial charge in [-0.25, -0.2) is 9.78 Å². The molecule has 1 aromatic carbocycles. The summed E-state index contributed by atoms with van der Waals surface area (Å²) >= 11 is 1.49. The number of hydrogen-bond donors (Lipinski definition) is 1. The van der Waals surface area contributed by atoms with Crippen molar-refractivity contribution < 1.29 is 4.42 Å².